The van der Waals surface area contributed by atoms with Crippen molar-refractivity contribution in [2.24, 2.45) is 0 Å². The number of likely N-dealkylation sites (tertiary alicyclic amines) is 1. The van der Waals surface area contributed by atoms with Gasteiger partial charge in [0.05, 0.1) is 18.2 Å². The molecule has 1 aliphatic rings. The summed E-state index contributed by atoms with van der Waals surface area (Å²) in [7, 11) is 0. The average molecular weight is 299 g/mol. The predicted octanol–water partition coefficient (Wildman–Crippen LogP) is 2.34. The number of halogens is 1. The van der Waals surface area contributed by atoms with Crippen molar-refractivity contribution in [2.45, 2.75) is 38.4 Å². The Morgan fingerprint density at radius 3 is 3.00 bits per heavy atom. The number of hydrogen-bond donors (Lipinski definition) is 0. The van der Waals surface area contributed by atoms with Crippen LogP contribution in [0.3, 0.4) is 0 Å². The zero-order valence-electron chi connectivity index (χ0n) is 12.3. The van der Waals surface area contributed by atoms with Crippen molar-refractivity contribution in [1.82, 2.24) is 19.7 Å². The van der Waals surface area contributed by atoms with Gasteiger partial charge in [-0.2, -0.15) is 10.4 Å². The number of rotatable bonds is 4. The molecule has 0 saturated carbocycles. The summed E-state index contributed by atoms with van der Waals surface area (Å²) in [6.45, 7) is 2.30. The molecule has 1 fully saturated rings. The number of benzene rings is 1. The Kier molecular flexibility index (Phi) is 4.45. The zero-order chi connectivity index (χ0) is 15.4. The largest absolute Gasteiger partial charge is 0.294 e. The lowest BCUT2D eigenvalue weighted by Crippen LogP contribution is -2.41. The molecule has 1 atom stereocenters. The van der Waals surface area contributed by atoms with Crippen LogP contribution >= 0.6 is 0 Å². The van der Waals surface area contributed by atoms with Crippen LogP contribution in [-0.2, 0) is 13.1 Å². The maximum atomic E-state index is 14.1. The summed E-state index contributed by atoms with van der Waals surface area (Å²) in [5.74, 6) is -0.302. The minimum atomic E-state index is -0.302. The normalized spacial score (nSPS) is 19.0. The predicted molar refractivity (Wildman–Crippen MR) is 79.2 cm³/mol. The van der Waals surface area contributed by atoms with Gasteiger partial charge in [-0.3, -0.25) is 9.58 Å². The summed E-state index contributed by atoms with van der Waals surface area (Å²) in [4.78, 5) is 6.27. The molecule has 2 heterocycles. The quantitative estimate of drug-likeness (QED) is 0.869. The molecule has 0 N–H and O–H groups in total. The second-order valence-electron chi connectivity index (χ2n) is 5.66. The van der Waals surface area contributed by atoms with E-state index in [9.17, 15) is 4.39 Å². The van der Waals surface area contributed by atoms with Gasteiger partial charge in [-0.15, -0.1) is 0 Å². The second-order valence-corrected chi connectivity index (χ2v) is 5.66. The molecule has 0 spiro atoms. The van der Waals surface area contributed by atoms with Gasteiger partial charge in [-0.05, 0) is 31.5 Å². The van der Waals surface area contributed by atoms with Crippen LogP contribution in [0.2, 0.25) is 0 Å². The summed E-state index contributed by atoms with van der Waals surface area (Å²) in [5, 5.41) is 13.0. The number of nitriles is 1. The van der Waals surface area contributed by atoms with Gasteiger partial charge in [0.15, 0.2) is 0 Å². The highest BCUT2D eigenvalue weighted by Crippen LogP contribution is 2.22. The van der Waals surface area contributed by atoms with E-state index >= 15 is 0 Å². The van der Waals surface area contributed by atoms with E-state index in [4.69, 9.17) is 5.26 Å². The first-order valence-electron chi connectivity index (χ1n) is 7.51. The fraction of sp³-hybridized carbons (Fsp3) is 0.438. The molecule has 1 aliphatic heterocycles. The monoisotopic (exact) mass is 299 g/mol. The van der Waals surface area contributed by atoms with Crippen LogP contribution in [-0.4, -0.2) is 32.3 Å². The Labute approximate surface area is 129 Å². The van der Waals surface area contributed by atoms with Crippen molar-refractivity contribution in [2.75, 3.05) is 6.54 Å². The second kappa shape index (κ2) is 6.67. The van der Waals surface area contributed by atoms with Gasteiger partial charge in [0.25, 0.3) is 0 Å². The van der Waals surface area contributed by atoms with Crippen molar-refractivity contribution in [3.63, 3.8) is 0 Å². The van der Waals surface area contributed by atoms with E-state index in [1.807, 2.05) is 10.8 Å². The van der Waals surface area contributed by atoms with Crippen molar-refractivity contribution in [1.29, 1.82) is 5.26 Å². The Bertz CT molecular complexity index is 662. The number of aromatic nitrogens is 3. The first-order valence-corrected chi connectivity index (χ1v) is 7.51. The van der Waals surface area contributed by atoms with Crippen LogP contribution in [0.25, 0.3) is 0 Å². The van der Waals surface area contributed by atoms with Gasteiger partial charge in [0.1, 0.15) is 18.5 Å². The summed E-state index contributed by atoms with van der Waals surface area (Å²) in [6.07, 6.45) is 6.65. The van der Waals surface area contributed by atoms with Gasteiger partial charge in [0, 0.05) is 18.2 Å². The Hall–Kier alpha value is -2.26. The van der Waals surface area contributed by atoms with Gasteiger partial charge >= 0.3 is 0 Å². The third kappa shape index (κ3) is 3.31. The fourth-order valence-corrected chi connectivity index (χ4v) is 2.98. The molecule has 0 bridgehead atoms. The smallest absolute Gasteiger partial charge is 0.137 e. The first-order chi connectivity index (χ1) is 10.8. The molecular weight excluding hydrogens is 281 g/mol. The first kappa shape index (κ1) is 14.7. The molecule has 0 radical (unpaired) electrons. The van der Waals surface area contributed by atoms with Crippen LogP contribution in [0.5, 0.6) is 0 Å². The molecule has 0 unspecified atom stereocenters. The summed E-state index contributed by atoms with van der Waals surface area (Å²) in [5.41, 5.74) is 1.00. The summed E-state index contributed by atoms with van der Waals surface area (Å²) >= 11 is 0. The maximum absolute atomic E-state index is 14.1. The van der Waals surface area contributed by atoms with Gasteiger partial charge in [-0.25, -0.2) is 9.37 Å². The molecule has 2 aromatic rings. The van der Waals surface area contributed by atoms with E-state index in [1.54, 1.807) is 18.5 Å². The Morgan fingerprint density at radius 1 is 1.36 bits per heavy atom. The highest BCUT2D eigenvalue weighted by molar-refractivity contribution is 5.32. The SMILES string of the molecule is N#Cc1ccc(CN2CCCC[C@@H]2Cn2cncn2)c(F)c1. The van der Waals surface area contributed by atoms with Crippen molar-refractivity contribution >= 4 is 0 Å². The van der Waals surface area contributed by atoms with Gasteiger partial charge in [0.2, 0.25) is 0 Å². The van der Waals surface area contributed by atoms with Crippen LogP contribution in [0.1, 0.15) is 30.4 Å². The number of piperidine rings is 1. The van der Waals surface area contributed by atoms with E-state index in [2.05, 4.69) is 15.0 Å². The van der Waals surface area contributed by atoms with E-state index in [-0.39, 0.29) is 5.82 Å². The van der Waals surface area contributed by atoms with E-state index in [0.29, 0.717) is 23.7 Å². The van der Waals surface area contributed by atoms with Crippen LogP contribution in [0, 0.1) is 17.1 Å². The van der Waals surface area contributed by atoms with Gasteiger partial charge in [-0.1, -0.05) is 12.5 Å². The molecule has 1 aromatic heterocycles. The van der Waals surface area contributed by atoms with E-state index < -0.39 is 0 Å². The molecule has 5 nitrogen and oxygen atoms in total. The zero-order valence-corrected chi connectivity index (χ0v) is 12.3. The molecule has 0 amide bonds. The minimum Gasteiger partial charge on any atom is -0.294 e. The molecule has 3 rings (SSSR count). The lowest BCUT2D eigenvalue weighted by Gasteiger charge is -2.35. The highest BCUT2D eigenvalue weighted by Gasteiger charge is 2.24. The molecule has 6 heteroatoms. The Morgan fingerprint density at radius 2 is 2.27 bits per heavy atom. The van der Waals surface area contributed by atoms with Crippen molar-refractivity contribution in [3.05, 3.63) is 47.8 Å². The van der Waals surface area contributed by atoms with Crippen LogP contribution in [0.15, 0.2) is 30.9 Å². The van der Waals surface area contributed by atoms with Crippen molar-refractivity contribution < 1.29 is 4.39 Å². The highest BCUT2D eigenvalue weighted by atomic mass is 19.1. The maximum Gasteiger partial charge on any atom is 0.137 e. The molecule has 1 aromatic carbocycles. The molecule has 22 heavy (non-hydrogen) atoms. The summed E-state index contributed by atoms with van der Waals surface area (Å²) in [6, 6.07) is 7.01. The van der Waals surface area contributed by atoms with Gasteiger partial charge < -0.3 is 0 Å². The third-order valence-electron chi connectivity index (χ3n) is 4.17. The number of hydrogen-bond acceptors (Lipinski definition) is 4. The molecular formula is C16H18FN5. The van der Waals surface area contributed by atoms with E-state index in [1.165, 1.54) is 18.8 Å². The van der Waals surface area contributed by atoms with Crippen LogP contribution in [0.4, 0.5) is 4.39 Å². The lowest BCUT2D eigenvalue weighted by molar-refractivity contribution is 0.120. The molecule has 114 valence electrons. The molecule has 0 aliphatic carbocycles. The van der Waals surface area contributed by atoms with Crippen molar-refractivity contribution in [3.8, 4) is 6.07 Å². The fourth-order valence-electron chi connectivity index (χ4n) is 2.98. The topological polar surface area (TPSA) is 57.7 Å². The van der Waals surface area contributed by atoms with E-state index in [0.717, 1.165) is 25.9 Å². The standard InChI is InChI=1S/C16H18FN5/c17-16-7-13(8-18)4-5-14(16)9-21-6-2-1-3-15(21)10-22-12-19-11-20-22/h4-5,7,11-12,15H,1-3,6,9-10H2/t15-/m1/s1. The third-order valence-corrected chi connectivity index (χ3v) is 4.17. The average Bonchev–Trinajstić information content (AvgIpc) is 3.04. The molecule has 1 saturated heterocycles. The summed E-state index contributed by atoms with van der Waals surface area (Å²) < 4.78 is 15.9. The lowest BCUT2D eigenvalue weighted by atomic mass is 10.0. The van der Waals surface area contributed by atoms with Crippen LogP contribution < -0.4 is 0 Å². The minimum absolute atomic E-state index is 0.302. The Balaban J connectivity index is 1.72. The number of nitrogens with zero attached hydrogens (tertiary/aromatic N) is 5.